The summed E-state index contributed by atoms with van der Waals surface area (Å²) in [7, 11) is 0. The predicted octanol–water partition coefficient (Wildman–Crippen LogP) is 0.536. The minimum Gasteiger partial charge on any atom is -0.341 e. The van der Waals surface area contributed by atoms with Crippen molar-refractivity contribution in [2.24, 2.45) is 0 Å². The van der Waals surface area contributed by atoms with Crippen molar-refractivity contribution in [2.45, 2.75) is 51.2 Å². The molecule has 0 aromatic carbocycles. The Morgan fingerprint density at radius 2 is 1.81 bits per heavy atom. The second-order valence-electron chi connectivity index (χ2n) is 7.91. The van der Waals surface area contributed by atoms with Gasteiger partial charge < -0.3 is 19.7 Å². The number of aryl methyl sites for hydroxylation is 1. The van der Waals surface area contributed by atoms with Crippen LogP contribution in [0, 0.1) is 0 Å². The van der Waals surface area contributed by atoms with Gasteiger partial charge in [-0.2, -0.15) is 0 Å². The van der Waals surface area contributed by atoms with E-state index in [0.29, 0.717) is 13.1 Å². The van der Waals surface area contributed by atoms with Crippen LogP contribution in [0.3, 0.4) is 0 Å². The summed E-state index contributed by atoms with van der Waals surface area (Å²) in [5, 5.41) is 3.17. The van der Waals surface area contributed by atoms with Gasteiger partial charge in [-0.25, -0.2) is 9.78 Å². The molecule has 3 aliphatic heterocycles. The summed E-state index contributed by atoms with van der Waals surface area (Å²) in [5.74, 6) is 1.29. The highest BCUT2D eigenvalue weighted by Gasteiger charge is 2.31. The van der Waals surface area contributed by atoms with E-state index in [2.05, 4.69) is 19.8 Å². The van der Waals surface area contributed by atoms with Gasteiger partial charge in [0.15, 0.2) is 0 Å². The van der Waals surface area contributed by atoms with Crippen LogP contribution >= 0.6 is 0 Å². The number of carbonyl (C=O) groups excluding carboxylic acids is 2. The van der Waals surface area contributed by atoms with E-state index in [1.54, 1.807) is 0 Å². The van der Waals surface area contributed by atoms with Gasteiger partial charge in [0, 0.05) is 70.7 Å². The number of hydrogen-bond acceptors (Lipinski definition) is 4. The predicted molar refractivity (Wildman–Crippen MR) is 101 cm³/mol. The van der Waals surface area contributed by atoms with Gasteiger partial charge in [0.05, 0.1) is 6.04 Å². The Morgan fingerprint density at radius 3 is 2.56 bits per heavy atom. The molecule has 3 amide bonds. The van der Waals surface area contributed by atoms with Crippen LogP contribution < -0.4 is 5.32 Å². The van der Waals surface area contributed by atoms with Crippen LogP contribution in [0.2, 0.25) is 0 Å². The number of nitrogens with zero attached hydrogens (tertiary/aromatic N) is 5. The number of piperazine rings is 1. The summed E-state index contributed by atoms with van der Waals surface area (Å²) >= 11 is 0. The van der Waals surface area contributed by atoms with Crippen molar-refractivity contribution in [2.75, 3.05) is 39.3 Å². The first kappa shape index (κ1) is 18.3. The average molecular weight is 374 g/mol. The van der Waals surface area contributed by atoms with E-state index in [1.165, 1.54) is 0 Å². The summed E-state index contributed by atoms with van der Waals surface area (Å²) in [6.45, 7) is 7.54. The highest BCUT2D eigenvalue weighted by atomic mass is 16.2. The lowest BCUT2D eigenvalue weighted by Crippen LogP contribution is -2.57. The zero-order valence-corrected chi connectivity index (χ0v) is 16.1. The van der Waals surface area contributed by atoms with Crippen molar-refractivity contribution >= 4 is 11.9 Å². The molecule has 148 valence electrons. The fraction of sp³-hybridized carbons (Fsp3) is 0.737. The summed E-state index contributed by atoms with van der Waals surface area (Å²) < 4.78 is 2.15. The number of fused-ring (bicyclic) bond motifs is 1. The molecule has 4 heterocycles. The Bertz CT molecular complexity index is 675. The molecular weight excluding hydrogens is 344 g/mol. The van der Waals surface area contributed by atoms with Crippen LogP contribution in [-0.2, 0) is 17.8 Å². The molecule has 3 aliphatic rings. The molecule has 0 aliphatic carbocycles. The summed E-state index contributed by atoms with van der Waals surface area (Å²) in [6.07, 6.45) is 7.79. The Kier molecular flexibility index (Phi) is 5.33. The lowest BCUT2D eigenvalue weighted by molar-refractivity contribution is -0.135. The van der Waals surface area contributed by atoms with Gasteiger partial charge in [-0.15, -0.1) is 0 Å². The molecule has 8 heteroatoms. The van der Waals surface area contributed by atoms with Gasteiger partial charge >= 0.3 is 6.03 Å². The first-order chi connectivity index (χ1) is 13.1. The van der Waals surface area contributed by atoms with E-state index in [-0.39, 0.29) is 24.0 Å². The number of urea groups is 1. The zero-order valence-electron chi connectivity index (χ0n) is 16.1. The van der Waals surface area contributed by atoms with Crippen LogP contribution in [0.5, 0.6) is 0 Å². The molecule has 2 unspecified atom stereocenters. The second kappa shape index (κ2) is 7.88. The van der Waals surface area contributed by atoms with E-state index in [9.17, 15) is 9.59 Å². The summed E-state index contributed by atoms with van der Waals surface area (Å²) in [6, 6.07) is 0.0739. The smallest absolute Gasteiger partial charge is 0.317 e. The highest BCUT2D eigenvalue weighted by molar-refractivity contribution is 5.81. The maximum Gasteiger partial charge on any atom is 0.317 e. The molecule has 2 atom stereocenters. The Balaban J connectivity index is 1.24. The van der Waals surface area contributed by atoms with Crippen LogP contribution in [0.25, 0.3) is 0 Å². The SMILES string of the molecule is CC(C(=O)N1CCCC1)N1CCN(C(=O)NC2CCn3ccnc3C2)CC1. The highest BCUT2D eigenvalue weighted by Crippen LogP contribution is 2.16. The maximum atomic E-state index is 12.6. The van der Waals surface area contributed by atoms with Crippen LogP contribution in [-0.4, -0.2) is 87.5 Å². The molecular formula is C19H30N6O2. The molecule has 27 heavy (non-hydrogen) atoms. The fourth-order valence-corrected chi connectivity index (χ4v) is 4.41. The van der Waals surface area contributed by atoms with Crippen molar-refractivity contribution in [1.29, 1.82) is 0 Å². The van der Waals surface area contributed by atoms with Crippen LogP contribution in [0.4, 0.5) is 4.79 Å². The van der Waals surface area contributed by atoms with E-state index in [0.717, 1.165) is 64.2 Å². The molecule has 8 nitrogen and oxygen atoms in total. The maximum absolute atomic E-state index is 12.6. The van der Waals surface area contributed by atoms with Crippen LogP contribution in [0.15, 0.2) is 12.4 Å². The number of likely N-dealkylation sites (tertiary alicyclic amines) is 1. The van der Waals surface area contributed by atoms with Crippen LogP contribution in [0.1, 0.15) is 32.0 Å². The van der Waals surface area contributed by atoms with E-state index >= 15 is 0 Å². The topological polar surface area (TPSA) is 73.7 Å². The van der Waals surface area contributed by atoms with Gasteiger partial charge in [0.1, 0.15) is 5.82 Å². The molecule has 4 rings (SSSR count). The second-order valence-corrected chi connectivity index (χ2v) is 7.91. The standard InChI is InChI=1S/C19H30N6O2/c1-15(18(26)24-6-2-3-7-24)22-10-12-25(13-11-22)19(27)21-16-4-8-23-9-5-20-17(23)14-16/h5,9,15-16H,2-4,6-8,10-14H2,1H3,(H,21,27). The molecule has 2 fully saturated rings. The fourth-order valence-electron chi connectivity index (χ4n) is 4.41. The molecule has 1 N–H and O–H groups in total. The average Bonchev–Trinajstić information content (AvgIpc) is 3.38. The Hall–Kier alpha value is -2.09. The summed E-state index contributed by atoms with van der Waals surface area (Å²) in [4.78, 5) is 35.6. The molecule has 0 saturated carbocycles. The molecule has 0 bridgehead atoms. The summed E-state index contributed by atoms with van der Waals surface area (Å²) in [5.41, 5.74) is 0. The number of hydrogen-bond donors (Lipinski definition) is 1. The zero-order chi connectivity index (χ0) is 18.8. The van der Waals surface area contributed by atoms with Gasteiger partial charge in [-0.05, 0) is 26.2 Å². The number of carbonyl (C=O) groups is 2. The van der Waals surface area contributed by atoms with Crippen molar-refractivity contribution in [3.63, 3.8) is 0 Å². The minimum absolute atomic E-state index is 0.0122. The van der Waals surface area contributed by atoms with E-state index in [4.69, 9.17) is 0 Å². The third kappa shape index (κ3) is 3.95. The van der Waals surface area contributed by atoms with Gasteiger partial charge in [-0.1, -0.05) is 0 Å². The van der Waals surface area contributed by atoms with Crippen molar-refractivity contribution < 1.29 is 9.59 Å². The normalized spacial score (nSPS) is 24.6. The number of nitrogens with one attached hydrogen (secondary N) is 1. The van der Waals surface area contributed by atoms with Gasteiger partial charge in [0.25, 0.3) is 0 Å². The number of amides is 3. The molecule has 1 aromatic heterocycles. The molecule has 0 radical (unpaired) electrons. The van der Waals surface area contributed by atoms with E-state index in [1.807, 2.05) is 29.1 Å². The lowest BCUT2D eigenvalue weighted by Gasteiger charge is -2.39. The molecule has 0 spiro atoms. The number of rotatable bonds is 3. The van der Waals surface area contributed by atoms with Crippen molar-refractivity contribution in [3.05, 3.63) is 18.2 Å². The van der Waals surface area contributed by atoms with E-state index < -0.39 is 0 Å². The largest absolute Gasteiger partial charge is 0.341 e. The third-order valence-electron chi connectivity index (χ3n) is 6.20. The Morgan fingerprint density at radius 1 is 1.07 bits per heavy atom. The van der Waals surface area contributed by atoms with Gasteiger partial charge in [-0.3, -0.25) is 9.69 Å². The monoisotopic (exact) mass is 374 g/mol. The molecule has 1 aromatic rings. The quantitative estimate of drug-likeness (QED) is 0.838. The molecule has 2 saturated heterocycles. The number of aromatic nitrogens is 2. The Labute approximate surface area is 160 Å². The van der Waals surface area contributed by atoms with Gasteiger partial charge in [0.2, 0.25) is 5.91 Å². The minimum atomic E-state index is -0.0921. The lowest BCUT2D eigenvalue weighted by atomic mass is 10.1. The number of imidazole rings is 1. The first-order valence-corrected chi connectivity index (χ1v) is 10.2. The van der Waals surface area contributed by atoms with Crippen molar-refractivity contribution in [3.8, 4) is 0 Å². The first-order valence-electron chi connectivity index (χ1n) is 10.2. The van der Waals surface area contributed by atoms with Crippen molar-refractivity contribution in [1.82, 2.24) is 29.6 Å². The third-order valence-corrected chi connectivity index (χ3v) is 6.20.